The van der Waals surface area contributed by atoms with Gasteiger partial charge in [0.2, 0.25) is 0 Å². The summed E-state index contributed by atoms with van der Waals surface area (Å²) in [5.41, 5.74) is 3.57. The Hall–Kier alpha value is -2.91. The van der Waals surface area contributed by atoms with Crippen LogP contribution in [0.25, 0.3) is 0 Å². The van der Waals surface area contributed by atoms with Crippen LogP contribution in [-0.2, 0) is 27.2 Å². The lowest BCUT2D eigenvalue weighted by Crippen LogP contribution is -2.32. The number of thiophene rings is 1. The van der Waals surface area contributed by atoms with E-state index < -0.39 is 17.8 Å². The number of aromatic hydroxyl groups is 1. The Morgan fingerprint density at radius 2 is 2.13 bits per heavy atom. The highest BCUT2D eigenvalue weighted by atomic mass is 35.5. The summed E-state index contributed by atoms with van der Waals surface area (Å²) in [4.78, 5) is 38.0. The number of esters is 1. The minimum absolute atomic E-state index is 0.0793. The molecule has 0 bridgehead atoms. The van der Waals surface area contributed by atoms with Gasteiger partial charge in [-0.1, -0.05) is 18.5 Å². The van der Waals surface area contributed by atoms with Crippen LogP contribution in [0.3, 0.4) is 0 Å². The predicted molar refractivity (Wildman–Crippen MR) is 119 cm³/mol. The van der Waals surface area contributed by atoms with Gasteiger partial charge < -0.3 is 15.2 Å². The molecule has 2 aromatic rings. The first-order valence-corrected chi connectivity index (χ1v) is 10.9. The second-order valence-corrected chi connectivity index (χ2v) is 8.67. The molecule has 0 aliphatic heterocycles. The van der Waals surface area contributed by atoms with Gasteiger partial charge in [-0.3, -0.25) is 9.59 Å². The van der Waals surface area contributed by atoms with Crippen molar-refractivity contribution in [3.8, 4) is 5.75 Å². The fourth-order valence-corrected chi connectivity index (χ4v) is 4.83. The molecule has 3 rings (SSSR count). The molecule has 1 heterocycles. The third-order valence-electron chi connectivity index (χ3n) is 4.78. The molecule has 1 aromatic heterocycles. The first-order valence-electron chi connectivity index (χ1n) is 9.74. The van der Waals surface area contributed by atoms with Crippen molar-refractivity contribution in [3.63, 3.8) is 0 Å². The van der Waals surface area contributed by atoms with Gasteiger partial charge in [0.15, 0.2) is 0 Å². The van der Waals surface area contributed by atoms with Gasteiger partial charge in [0, 0.05) is 15.5 Å². The number of nitrogens with one attached hydrogen (secondary N) is 2. The summed E-state index contributed by atoms with van der Waals surface area (Å²) in [5.74, 6) is -2.11. The van der Waals surface area contributed by atoms with E-state index in [2.05, 4.69) is 22.8 Å². The molecule has 0 saturated carbocycles. The summed E-state index contributed by atoms with van der Waals surface area (Å²) < 4.78 is 5.15. The molecule has 1 unspecified atom stereocenters. The molecule has 164 valence electrons. The van der Waals surface area contributed by atoms with Crippen molar-refractivity contribution in [1.82, 2.24) is 5.43 Å². The molecule has 0 radical (unpaired) electrons. The average Bonchev–Trinajstić information content (AvgIpc) is 3.07. The number of ether oxygens (including phenoxy) is 1. The van der Waals surface area contributed by atoms with Gasteiger partial charge in [0.1, 0.15) is 10.8 Å². The fourth-order valence-electron chi connectivity index (χ4n) is 3.26. The number of hydrogen-bond donors (Lipinski definition) is 3. The number of carbonyl (C=O) groups is 3. The van der Waals surface area contributed by atoms with E-state index in [0.29, 0.717) is 21.5 Å². The van der Waals surface area contributed by atoms with Gasteiger partial charge in [0.25, 0.3) is 0 Å². The molecule has 31 heavy (non-hydrogen) atoms. The van der Waals surface area contributed by atoms with Crippen LogP contribution < -0.4 is 10.7 Å². The van der Waals surface area contributed by atoms with E-state index >= 15 is 0 Å². The molecule has 1 aliphatic rings. The summed E-state index contributed by atoms with van der Waals surface area (Å²) >= 11 is 7.14. The number of anilines is 1. The Morgan fingerprint density at radius 3 is 2.87 bits per heavy atom. The van der Waals surface area contributed by atoms with Crippen LogP contribution >= 0.6 is 22.9 Å². The van der Waals surface area contributed by atoms with E-state index in [1.807, 2.05) is 0 Å². The summed E-state index contributed by atoms with van der Waals surface area (Å²) in [6.07, 6.45) is 3.63. The van der Waals surface area contributed by atoms with Gasteiger partial charge in [-0.15, -0.1) is 11.3 Å². The Kier molecular flexibility index (Phi) is 7.29. The maximum atomic E-state index is 12.5. The van der Waals surface area contributed by atoms with E-state index in [1.54, 1.807) is 6.92 Å². The Balaban J connectivity index is 1.73. The normalized spacial score (nSPS) is 15.4. The number of amides is 2. The zero-order chi connectivity index (χ0) is 22.5. The highest BCUT2D eigenvalue weighted by molar-refractivity contribution is 7.17. The molecule has 2 amide bonds. The number of nitrogens with zero attached hydrogens (tertiary/aromatic N) is 1. The SMILES string of the molecule is CCOC(=O)c1c(NC(=O)C(=O)N/N=C/c2cc(Cl)ccc2O)sc2c1CCC(C)C2. The third kappa shape index (κ3) is 5.42. The highest BCUT2D eigenvalue weighted by Gasteiger charge is 2.30. The first-order chi connectivity index (χ1) is 14.8. The monoisotopic (exact) mass is 463 g/mol. The fraction of sp³-hybridized carbons (Fsp3) is 0.333. The number of hydrogen-bond acceptors (Lipinski definition) is 7. The van der Waals surface area contributed by atoms with Crippen molar-refractivity contribution in [3.05, 3.63) is 44.8 Å². The van der Waals surface area contributed by atoms with Gasteiger partial charge in [-0.25, -0.2) is 10.2 Å². The molecular formula is C21H22ClN3O5S. The van der Waals surface area contributed by atoms with Gasteiger partial charge in [-0.05, 0) is 55.9 Å². The van der Waals surface area contributed by atoms with Crippen LogP contribution in [0.15, 0.2) is 23.3 Å². The van der Waals surface area contributed by atoms with Crippen LogP contribution in [0.4, 0.5) is 5.00 Å². The summed E-state index contributed by atoms with van der Waals surface area (Å²) in [5, 5.41) is 16.6. The number of benzene rings is 1. The number of phenols is 1. The first kappa shape index (κ1) is 22.8. The Labute approximate surface area is 188 Å². The predicted octanol–water partition coefficient (Wildman–Crippen LogP) is 3.50. The minimum Gasteiger partial charge on any atom is -0.507 e. The number of carbonyl (C=O) groups excluding carboxylic acids is 3. The zero-order valence-electron chi connectivity index (χ0n) is 17.0. The average molecular weight is 464 g/mol. The standard InChI is InChI=1S/C21H22ClN3O5S/c1-3-30-21(29)17-14-6-4-11(2)8-16(14)31-20(17)24-18(27)19(28)25-23-10-12-9-13(22)5-7-15(12)26/h5,7,9-11,26H,3-4,6,8H2,1-2H3,(H,24,27)(H,25,28)/b23-10+. The van der Waals surface area contributed by atoms with Crippen LogP contribution in [0.2, 0.25) is 5.02 Å². The minimum atomic E-state index is -1.02. The van der Waals surface area contributed by atoms with Crippen LogP contribution in [-0.4, -0.2) is 35.7 Å². The summed E-state index contributed by atoms with van der Waals surface area (Å²) in [6, 6.07) is 4.34. The van der Waals surface area contributed by atoms with Crippen molar-refractivity contribution < 1.29 is 24.2 Å². The van der Waals surface area contributed by atoms with Crippen molar-refractivity contribution >= 4 is 51.9 Å². The number of phenolic OH excluding ortho intramolecular Hbond substituents is 1. The third-order valence-corrected chi connectivity index (χ3v) is 6.19. The molecule has 0 saturated heterocycles. The Bertz CT molecular complexity index is 1050. The molecule has 1 aliphatic carbocycles. The molecule has 0 fully saturated rings. The molecule has 0 spiro atoms. The lowest BCUT2D eigenvalue weighted by Gasteiger charge is -2.18. The quantitative estimate of drug-likeness (QED) is 0.271. The van der Waals surface area contributed by atoms with E-state index in [4.69, 9.17) is 16.3 Å². The molecule has 1 aromatic carbocycles. The lowest BCUT2D eigenvalue weighted by molar-refractivity contribution is -0.136. The van der Waals surface area contributed by atoms with Gasteiger partial charge in [-0.2, -0.15) is 5.10 Å². The second-order valence-electron chi connectivity index (χ2n) is 7.13. The van der Waals surface area contributed by atoms with Crippen molar-refractivity contribution in [2.75, 3.05) is 11.9 Å². The van der Waals surface area contributed by atoms with E-state index in [9.17, 15) is 19.5 Å². The smallest absolute Gasteiger partial charge is 0.341 e. The number of fused-ring (bicyclic) bond motifs is 1. The van der Waals surface area contributed by atoms with Crippen molar-refractivity contribution in [2.45, 2.75) is 33.1 Å². The topological polar surface area (TPSA) is 117 Å². The van der Waals surface area contributed by atoms with Crippen molar-refractivity contribution in [2.24, 2.45) is 11.0 Å². The van der Waals surface area contributed by atoms with Gasteiger partial charge in [0.05, 0.1) is 18.4 Å². The van der Waals surface area contributed by atoms with Crippen LogP contribution in [0.5, 0.6) is 5.75 Å². The summed E-state index contributed by atoms with van der Waals surface area (Å²) in [7, 11) is 0. The summed E-state index contributed by atoms with van der Waals surface area (Å²) in [6.45, 7) is 4.05. The second kappa shape index (κ2) is 9.93. The van der Waals surface area contributed by atoms with Gasteiger partial charge >= 0.3 is 17.8 Å². The zero-order valence-corrected chi connectivity index (χ0v) is 18.6. The van der Waals surface area contributed by atoms with Crippen LogP contribution in [0.1, 0.15) is 46.6 Å². The number of halogens is 1. The molecule has 3 N–H and O–H groups in total. The highest BCUT2D eigenvalue weighted by Crippen LogP contribution is 2.40. The largest absolute Gasteiger partial charge is 0.507 e. The maximum absolute atomic E-state index is 12.5. The number of rotatable bonds is 5. The maximum Gasteiger partial charge on any atom is 0.341 e. The molecule has 10 heteroatoms. The molecule has 8 nitrogen and oxygen atoms in total. The Morgan fingerprint density at radius 1 is 1.35 bits per heavy atom. The number of hydrazone groups is 1. The lowest BCUT2D eigenvalue weighted by atomic mass is 9.88. The van der Waals surface area contributed by atoms with Crippen molar-refractivity contribution in [1.29, 1.82) is 0 Å². The molecular weight excluding hydrogens is 442 g/mol. The van der Waals surface area contributed by atoms with E-state index in [0.717, 1.165) is 29.7 Å². The molecule has 1 atom stereocenters. The van der Waals surface area contributed by atoms with E-state index in [-0.39, 0.29) is 17.9 Å². The van der Waals surface area contributed by atoms with Crippen LogP contribution in [0, 0.1) is 5.92 Å². The van der Waals surface area contributed by atoms with E-state index in [1.165, 1.54) is 35.8 Å².